The highest BCUT2D eigenvalue weighted by molar-refractivity contribution is 7.17. The van der Waals surface area contributed by atoms with Crippen LogP contribution >= 0.6 is 34.8 Å². The Bertz CT molecular complexity index is 678. The number of methoxy groups -OCH3 is 1. The zero-order valence-corrected chi connectivity index (χ0v) is 15.2. The maximum Gasteiger partial charge on any atom is 0.264 e. The molecule has 0 aromatic carbocycles. The lowest BCUT2D eigenvalue weighted by molar-refractivity contribution is 0.0751. The quantitative estimate of drug-likeness (QED) is 0.865. The number of thiophene rings is 1. The third kappa shape index (κ3) is 4.47. The van der Waals surface area contributed by atoms with Crippen LogP contribution in [0.1, 0.15) is 9.67 Å². The molecular formula is C14H16Cl2N4O3S. The molecule has 0 radical (unpaired) electrons. The van der Waals surface area contributed by atoms with E-state index in [-0.39, 0.29) is 5.91 Å². The van der Waals surface area contributed by atoms with E-state index in [4.69, 9.17) is 21.0 Å². The Kier molecular flexibility index (Phi) is 7.04. The molecular weight excluding hydrogens is 375 g/mol. The van der Waals surface area contributed by atoms with E-state index in [1.807, 2.05) is 9.80 Å². The van der Waals surface area contributed by atoms with Gasteiger partial charge in [0.1, 0.15) is 0 Å². The normalized spacial score (nSPS) is 14.0. The minimum Gasteiger partial charge on any atom is -0.481 e. The Labute approximate surface area is 153 Å². The van der Waals surface area contributed by atoms with Gasteiger partial charge in [-0.25, -0.2) is 4.98 Å². The summed E-state index contributed by atoms with van der Waals surface area (Å²) in [4.78, 5) is 25.5. The second kappa shape index (κ2) is 9.03. The van der Waals surface area contributed by atoms with E-state index in [1.54, 1.807) is 31.5 Å². The molecule has 0 aliphatic carbocycles. The molecule has 7 nitrogen and oxygen atoms in total. The van der Waals surface area contributed by atoms with Crippen molar-refractivity contribution in [1.82, 2.24) is 14.9 Å². The van der Waals surface area contributed by atoms with Gasteiger partial charge >= 0.3 is 0 Å². The Morgan fingerprint density at radius 3 is 2.54 bits per heavy atom. The molecule has 1 aliphatic heterocycles. The number of halogens is 2. The Balaban J connectivity index is 0.00000100. The molecule has 3 heterocycles. The number of hydrogen-bond donors (Lipinski definition) is 1. The molecule has 0 bridgehead atoms. The lowest BCUT2D eigenvalue weighted by Gasteiger charge is -2.34. The van der Waals surface area contributed by atoms with Gasteiger partial charge in [-0.2, -0.15) is 4.98 Å². The summed E-state index contributed by atoms with van der Waals surface area (Å²) in [6.45, 7) is 2.65. The van der Waals surface area contributed by atoms with E-state index in [1.165, 1.54) is 11.3 Å². The highest BCUT2D eigenvalue weighted by atomic mass is 35.5. The van der Waals surface area contributed by atoms with Crippen molar-refractivity contribution in [2.45, 2.75) is 0 Å². The second-order valence-electron chi connectivity index (χ2n) is 4.78. The number of piperazine rings is 1. The van der Waals surface area contributed by atoms with E-state index < -0.39 is 0 Å². The van der Waals surface area contributed by atoms with E-state index >= 15 is 0 Å². The number of carbonyl (C=O) groups is 1. The second-order valence-corrected chi connectivity index (χ2v) is 6.50. The van der Waals surface area contributed by atoms with Crippen molar-refractivity contribution in [3.63, 3.8) is 0 Å². The van der Waals surface area contributed by atoms with Crippen molar-refractivity contribution in [3.05, 3.63) is 33.6 Å². The molecule has 10 heteroatoms. The average molecular weight is 391 g/mol. The Hall–Kier alpha value is -1.61. The molecule has 0 atom stereocenters. The predicted octanol–water partition coefficient (Wildman–Crippen LogP) is 2.30. The molecule has 0 saturated carbocycles. The van der Waals surface area contributed by atoms with Gasteiger partial charge in [0.2, 0.25) is 11.8 Å². The van der Waals surface area contributed by atoms with Crippen LogP contribution in [0.5, 0.6) is 5.88 Å². The number of carbonyl (C=O) groups excluding carboxylic acids is 1. The molecule has 1 amide bonds. The van der Waals surface area contributed by atoms with Crippen molar-refractivity contribution < 1.29 is 14.2 Å². The molecule has 1 fully saturated rings. The monoisotopic (exact) mass is 390 g/mol. The van der Waals surface area contributed by atoms with Crippen LogP contribution in [-0.4, -0.2) is 58.7 Å². The molecule has 24 heavy (non-hydrogen) atoms. The number of nitrogens with zero attached hydrogens (tertiary/aromatic N) is 4. The zero-order valence-electron chi connectivity index (χ0n) is 12.9. The molecule has 0 unspecified atom stereocenters. The number of amides is 1. The average Bonchev–Trinajstić information content (AvgIpc) is 3.09. The maximum absolute atomic E-state index is 12.4. The summed E-state index contributed by atoms with van der Waals surface area (Å²) in [6, 6.07) is 5.23. The fourth-order valence-corrected chi connectivity index (χ4v) is 3.30. The maximum atomic E-state index is 12.4. The van der Waals surface area contributed by atoms with E-state index in [0.29, 0.717) is 47.2 Å². The van der Waals surface area contributed by atoms with E-state index in [0.717, 1.165) is 0 Å². The summed E-state index contributed by atoms with van der Waals surface area (Å²) in [5.41, 5.74) is 0. The molecule has 130 valence electrons. The molecule has 0 spiro atoms. The number of ether oxygens (including phenoxy) is 1. The van der Waals surface area contributed by atoms with Gasteiger partial charge in [-0.1, -0.05) is 11.6 Å². The van der Waals surface area contributed by atoms with Gasteiger partial charge in [0.25, 0.3) is 5.91 Å². The lowest BCUT2D eigenvalue weighted by Crippen LogP contribution is -2.49. The van der Waals surface area contributed by atoms with Gasteiger partial charge in [0.05, 0.1) is 28.2 Å². The van der Waals surface area contributed by atoms with Crippen LogP contribution in [-0.2, 0) is 0 Å². The number of aromatic nitrogens is 2. The van der Waals surface area contributed by atoms with Crippen LogP contribution < -0.4 is 9.64 Å². The predicted molar refractivity (Wildman–Crippen MR) is 94.1 cm³/mol. The minimum atomic E-state index is 0.0307. The van der Waals surface area contributed by atoms with E-state index in [2.05, 4.69) is 21.8 Å². The standard InChI is InChI=1S/C14H15ClN4O2S.ClHO/c1-21-12-4-5-16-14(17-12)19-8-6-18(7-9-19)13(20)10-2-3-11(15)22-10;1-2/h2-5H,6-9H2,1H3;2H. The van der Waals surface area contributed by atoms with Crippen LogP contribution in [0, 0.1) is 0 Å². The van der Waals surface area contributed by atoms with Crippen molar-refractivity contribution in [2.75, 3.05) is 38.2 Å². The van der Waals surface area contributed by atoms with Gasteiger partial charge in [-0.3, -0.25) is 9.45 Å². The molecule has 2 aromatic heterocycles. The highest BCUT2D eigenvalue weighted by Gasteiger charge is 2.24. The Morgan fingerprint density at radius 2 is 1.96 bits per heavy atom. The van der Waals surface area contributed by atoms with Crippen molar-refractivity contribution in [1.29, 1.82) is 0 Å². The molecule has 2 aromatic rings. The zero-order chi connectivity index (χ0) is 17.5. The first kappa shape index (κ1) is 18.7. The van der Waals surface area contributed by atoms with Crippen molar-refractivity contribution in [3.8, 4) is 5.88 Å². The minimum absolute atomic E-state index is 0.0307. The first-order valence-electron chi connectivity index (χ1n) is 7.01. The molecule has 3 rings (SSSR count). The third-order valence-electron chi connectivity index (χ3n) is 3.46. The molecule has 1 saturated heterocycles. The Morgan fingerprint density at radius 1 is 1.25 bits per heavy atom. The fraction of sp³-hybridized carbons (Fsp3) is 0.357. The van der Waals surface area contributed by atoms with Crippen molar-refractivity contribution in [2.24, 2.45) is 0 Å². The molecule has 1 aliphatic rings. The van der Waals surface area contributed by atoms with Crippen LogP contribution in [0.25, 0.3) is 0 Å². The summed E-state index contributed by atoms with van der Waals surface area (Å²) in [5.74, 6) is 1.20. The van der Waals surface area contributed by atoms with Gasteiger partial charge in [0, 0.05) is 38.4 Å². The summed E-state index contributed by atoms with van der Waals surface area (Å²) < 4.78 is 12.2. The summed E-state index contributed by atoms with van der Waals surface area (Å²) >= 11 is 10.8. The summed E-state index contributed by atoms with van der Waals surface area (Å²) in [6.07, 6.45) is 1.67. The first-order valence-corrected chi connectivity index (χ1v) is 8.54. The van der Waals surface area contributed by atoms with Gasteiger partial charge in [-0.05, 0) is 12.1 Å². The van der Waals surface area contributed by atoms with E-state index in [9.17, 15) is 4.79 Å². The molecule has 1 N–H and O–H groups in total. The highest BCUT2D eigenvalue weighted by Crippen LogP contribution is 2.23. The lowest BCUT2D eigenvalue weighted by atomic mass is 10.3. The van der Waals surface area contributed by atoms with Crippen LogP contribution in [0.15, 0.2) is 24.4 Å². The number of hydrogen-bond acceptors (Lipinski definition) is 7. The van der Waals surface area contributed by atoms with Gasteiger partial charge in [0.15, 0.2) is 0 Å². The largest absolute Gasteiger partial charge is 0.481 e. The van der Waals surface area contributed by atoms with Crippen LogP contribution in [0.4, 0.5) is 5.95 Å². The van der Waals surface area contributed by atoms with Crippen LogP contribution in [0.3, 0.4) is 0 Å². The smallest absolute Gasteiger partial charge is 0.264 e. The third-order valence-corrected chi connectivity index (χ3v) is 4.68. The first-order chi connectivity index (χ1) is 11.7. The summed E-state index contributed by atoms with van der Waals surface area (Å²) in [5, 5.41) is 0. The van der Waals surface area contributed by atoms with Gasteiger partial charge < -0.3 is 14.5 Å². The number of rotatable bonds is 3. The van der Waals surface area contributed by atoms with Crippen molar-refractivity contribution >= 4 is 46.7 Å². The van der Waals surface area contributed by atoms with Crippen LogP contribution in [0.2, 0.25) is 4.34 Å². The SMILES string of the molecule is COc1ccnc(N2CCN(C(=O)c3ccc(Cl)s3)CC2)n1.OCl. The summed E-state index contributed by atoms with van der Waals surface area (Å²) in [7, 11) is 1.58. The van der Waals surface area contributed by atoms with Gasteiger partial charge in [-0.15, -0.1) is 11.3 Å². The number of anilines is 1. The fourth-order valence-electron chi connectivity index (χ4n) is 2.29. The topological polar surface area (TPSA) is 78.8 Å².